The Kier molecular flexibility index (Phi) is 4.63. The van der Waals surface area contributed by atoms with Crippen molar-refractivity contribution in [2.75, 3.05) is 12.4 Å². The maximum absolute atomic E-state index is 12.5. The topological polar surface area (TPSA) is 63.5 Å². The molecule has 1 aromatic heterocycles. The van der Waals surface area contributed by atoms with Gasteiger partial charge in [0.15, 0.2) is 0 Å². The summed E-state index contributed by atoms with van der Waals surface area (Å²) in [6, 6.07) is 16.4. The molecule has 0 unspecified atom stereocenters. The van der Waals surface area contributed by atoms with Gasteiger partial charge in [-0.1, -0.05) is 6.07 Å². The molecule has 0 saturated carbocycles. The van der Waals surface area contributed by atoms with Gasteiger partial charge in [0.2, 0.25) is 0 Å². The van der Waals surface area contributed by atoms with E-state index in [1.807, 2.05) is 47.3 Å². The molecule has 0 atom stereocenters. The molecule has 3 rings (SSSR count). The summed E-state index contributed by atoms with van der Waals surface area (Å²) in [7, 11) is 1.54. The number of aliphatic hydroxyl groups excluding tert-OH is 1. The summed E-state index contributed by atoms with van der Waals surface area (Å²) in [5.74, 6) is 0.378. The highest BCUT2D eigenvalue weighted by Crippen LogP contribution is 2.23. The zero-order valence-corrected chi connectivity index (χ0v) is 13.3. The van der Waals surface area contributed by atoms with Gasteiger partial charge in [0, 0.05) is 34.9 Å². The second-order valence-corrected chi connectivity index (χ2v) is 5.28. The predicted octanol–water partition coefficient (Wildman–Crippen LogP) is 3.23. The van der Waals surface area contributed by atoms with Crippen LogP contribution >= 0.6 is 0 Å². The zero-order chi connectivity index (χ0) is 16.9. The van der Waals surface area contributed by atoms with E-state index in [4.69, 9.17) is 4.74 Å². The normalized spacial score (nSPS) is 10.4. The molecule has 1 amide bonds. The Bertz CT molecular complexity index is 842. The van der Waals surface area contributed by atoms with Gasteiger partial charge in [-0.05, 0) is 48.5 Å². The van der Waals surface area contributed by atoms with Crippen molar-refractivity contribution in [2.45, 2.75) is 6.61 Å². The van der Waals surface area contributed by atoms with Crippen LogP contribution in [0, 0.1) is 0 Å². The lowest BCUT2D eigenvalue weighted by atomic mass is 10.1. The number of hydrogen-bond acceptors (Lipinski definition) is 3. The Balaban J connectivity index is 1.81. The molecule has 2 aromatic carbocycles. The summed E-state index contributed by atoms with van der Waals surface area (Å²) in [5, 5.41) is 12.2. The van der Waals surface area contributed by atoms with Crippen LogP contribution in [-0.2, 0) is 6.61 Å². The average Bonchev–Trinajstić information content (AvgIpc) is 3.16. The number of methoxy groups -OCH3 is 1. The number of aromatic nitrogens is 1. The standard InChI is InChI=1S/C19H18N2O3/c1-24-18-8-7-16(11-15(18)13-22)20-19(23)14-5-4-6-17(12-14)21-9-2-3-10-21/h2-12,22H,13H2,1H3,(H,20,23). The van der Waals surface area contributed by atoms with Crippen LogP contribution in [0.2, 0.25) is 0 Å². The van der Waals surface area contributed by atoms with Crippen LogP contribution in [0.3, 0.4) is 0 Å². The molecule has 0 aliphatic carbocycles. The van der Waals surface area contributed by atoms with Gasteiger partial charge in [-0.3, -0.25) is 4.79 Å². The number of rotatable bonds is 5. The minimum Gasteiger partial charge on any atom is -0.496 e. The molecule has 0 fully saturated rings. The molecular formula is C19H18N2O3. The van der Waals surface area contributed by atoms with E-state index in [9.17, 15) is 9.90 Å². The molecule has 0 aliphatic rings. The SMILES string of the molecule is COc1ccc(NC(=O)c2cccc(-n3cccc3)c2)cc1CO. The predicted molar refractivity (Wildman–Crippen MR) is 92.6 cm³/mol. The van der Waals surface area contributed by atoms with Crippen molar-refractivity contribution >= 4 is 11.6 Å². The van der Waals surface area contributed by atoms with E-state index in [1.165, 1.54) is 0 Å². The Labute approximate surface area is 140 Å². The molecule has 24 heavy (non-hydrogen) atoms. The van der Waals surface area contributed by atoms with Crippen molar-refractivity contribution in [3.63, 3.8) is 0 Å². The first-order valence-corrected chi connectivity index (χ1v) is 7.54. The molecule has 2 N–H and O–H groups in total. The van der Waals surface area contributed by atoms with Gasteiger partial charge in [0.25, 0.3) is 5.91 Å². The third-order valence-electron chi connectivity index (χ3n) is 3.72. The number of carbonyl (C=O) groups is 1. The summed E-state index contributed by atoms with van der Waals surface area (Å²) < 4.78 is 7.10. The molecule has 5 heteroatoms. The molecule has 1 heterocycles. The number of amides is 1. The van der Waals surface area contributed by atoms with Crippen molar-refractivity contribution in [2.24, 2.45) is 0 Å². The number of hydrogen-bond donors (Lipinski definition) is 2. The fourth-order valence-electron chi connectivity index (χ4n) is 2.50. The lowest BCUT2D eigenvalue weighted by Crippen LogP contribution is -2.12. The summed E-state index contributed by atoms with van der Waals surface area (Å²) >= 11 is 0. The summed E-state index contributed by atoms with van der Waals surface area (Å²) in [6.07, 6.45) is 3.85. The van der Waals surface area contributed by atoms with Gasteiger partial charge < -0.3 is 19.7 Å². The highest BCUT2D eigenvalue weighted by Gasteiger charge is 2.09. The number of aliphatic hydroxyl groups is 1. The Morgan fingerprint density at radius 3 is 2.62 bits per heavy atom. The monoisotopic (exact) mass is 322 g/mol. The minimum absolute atomic E-state index is 0.157. The van der Waals surface area contributed by atoms with Crippen LogP contribution < -0.4 is 10.1 Å². The number of carbonyl (C=O) groups excluding carboxylic acids is 1. The van der Waals surface area contributed by atoms with Gasteiger partial charge >= 0.3 is 0 Å². The molecule has 0 saturated heterocycles. The highest BCUT2D eigenvalue weighted by atomic mass is 16.5. The van der Waals surface area contributed by atoms with E-state index in [0.717, 1.165) is 5.69 Å². The van der Waals surface area contributed by atoms with Crippen molar-refractivity contribution in [1.82, 2.24) is 4.57 Å². The van der Waals surface area contributed by atoms with E-state index in [1.54, 1.807) is 31.4 Å². The van der Waals surface area contributed by atoms with Crippen LogP contribution in [-0.4, -0.2) is 22.7 Å². The van der Waals surface area contributed by atoms with Crippen molar-refractivity contribution in [1.29, 1.82) is 0 Å². The molecule has 0 radical (unpaired) electrons. The van der Waals surface area contributed by atoms with E-state index in [-0.39, 0.29) is 12.5 Å². The number of ether oxygens (including phenoxy) is 1. The third-order valence-corrected chi connectivity index (χ3v) is 3.72. The van der Waals surface area contributed by atoms with Crippen LogP contribution in [0.15, 0.2) is 67.0 Å². The number of nitrogens with zero attached hydrogens (tertiary/aromatic N) is 1. The number of benzene rings is 2. The average molecular weight is 322 g/mol. The Hall–Kier alpha value is -3.05. The van der Waals surface area contributed by atoms with Crippen molar-refractivity contribution < 1.29 is 14.6 Å². The molecule has 122 valence electrons. The van der Waals surface area contributed by atoms with Crippen molar-refractivity contribution in [3.8, 4) is 11.4 Å². The molecular weight excluding hydrogens is 304 g/mol. The van der Waals surface area contributed by atoms with Crippen molar-refractivity contribution in [3.05, 3.63) is 78.1 Å². The Morgan fingerprint density at radius 2 is 1.92 bits per heavy atom. The summed E-state index contributed by atoms with van der Waals surface area (Å²) in [6.45, 7) is -0.157. The number of anilines is 1. The van der Waals surface area contributed by atoms with Crippen LogP contribution in [0.1, 0.15) is 15.9 Å². The summed E-state index contributed by atoms with van der Waals surface area (Å²) in [4.78, 5) is 12.5. The van der Waals surface area contributed by atoms with Gasteiger partial charge in [-0.15, -0.1) is 0 Å². The minimum atomic E-state index is -0.210. The largest absolute Gasteiger partial charge is 0.496 e. The maximum Gasteiger partial charge on any atom is 0.255 e. The summed E-state index contributed by atoms with van der Waals surface area (Å²) in [5.41, 5.74) is 2.70. The highest BCUT2D eigenvalue weighted by molar-refractivity contribution is 6.04. The van der Waals surface area contributed by atoms with E-state index in [0.29, 0.717) is 22.6 Å². The second kappa shape index (κ2) is 7.02. The van der Waals surface area contributed by atoms with Crippen LogP contribution in [0.4, 0.5) is 5.69 Å². The second-order valence-electron chi connectivity index (χ2n) is 5.28. The lowest BCUT2D eigenvalue weighted by molar-refractivity contribution is 0.102. The van der Waals surface area contributed by atoms with Gasteiger partial charge in [0.05, 0.1) is 13.7 Å². The van der Waals surface area contributed by atoms with Crippen LogP contribution in [0.5, 0.6) is 5.75 Å². The fraction of sp³-hybridized carbons (Fsp3) is 0.105. The van der Waals surface area contributed by atoms with Gasteiger partial charge in [-0.2, -0.15) is 0 Å². The fourth-order valence-corrected chi connectivity index (χ4v) is 2.50. The Morgan fingerprint density at radius 1 is 1.12 bits per heavy atom. The smallest absolute Gasteiger partial charge is 0.255 e. The molecule has 0 spiro atoms. The third kappa shape index (κ3) is 3.31. The molecule has 3 aromatic rings. The quantitative estimate of drug-likeness (QED) is 0.758. The molecule has 0 aliphatic heterocycles. The van der Waals surface area contributed by atoms with Gasteiger partial charge in [-0.25, -0.2) is 0 Å². The zero-order valence-electron chi connectivity index (χ0n) is 13.3. The molecule has 0 bridgehead atoms. The van der Waals surface area contributed by atoms with Crippen LogP contribution in [0.25, 0.3) is 5.69 Å². The molecule has 5 nitrogen and oxygen atoms in total. The van der Waals surface area contributed by atoms with E-state index < -0.39 is 0 Å². The van der Waals surface area contributed by atoms with E-state index in [2.05, 4.69) is 5.32 Å². The lowest BCUT2D eigenvalue weighted by Gasteiger charge is -2.11. The first-order chi connectivity index (χ1) is 11.7. The first-order valence-electron chi connectivity index (χ1n) is 7.54. The first kappa shape index (κ1) is 15.8. The van der Waals surface area contributed by atoms with Gasteiger partial charge in [0.1, 0.15) is 5.75 Å². The maximum atomic E-state index is 12.5. The van der Waals surface area contributed by atoms with E-state index >= 15 is 0 Å². The number of nitrogens with one attached hydrogen (secondary N) is 1.